The Morgan fingerprint density at radius 2 is 0.712 bits per heavy atom. The number of rotatable bonds is 18. The van der Waals surface area contributed by atoms with Gasteiger partial charge in [0.15, 0.2) is 67.6 Å². The number of nitrogens with zero attached hydrogens (tertiary/aromatic N) is 3. The van der Waals surface area contributed by atoms with Gasteiger partial charge in [-0.2, -0.15) is 0 Å². The van der Waals surface area contributed by atoms with Gasteiger partial charge in [0.25, 0.3) is 0 Å². The number of carbonyl (C=O) groups is 10. The molecule has 0 amide bonds. The van der Waals surface area contributed by atoms with Gasteiger partial charge >= 0.3 is 59.7 Å². The lowest BCUT2D eigenvalue weighted by atomic mass is 9.95. The minimum atomic E-state index is -1.96. The van der Waals surface area contributed by atoms with Crippen LogP contribution in [0, 0.1) is 0 Å². The van der Waals surface area contributed by atoms with E-state index in [1.807, 2.05) is 0 Å². The van der Waals surface area contributed by atoms with Crippen molar-refractivity contribution in [3.05, 3.63) is 10.4 Å². The lowest BCUT2D eigenvalue weighted by Gasteiger charge is -2.49. The van der Waals surface area contributed by atoms with Crippen LogP contribution in [-0.2, 0) is 119 Å². The van der Waals surface area contributed by atoms with Crippen molar-refractivity contribution in [1.29, 1.82) is 0 Å². The van der Waals surface area contributed by atoms with E-state index in [4.69, 9.17) is 71.1 Å². The third kappa shape index (κ3) is 16.1. The van der Waals surface area contributed by atoms with E-state index in [-0.39, 0.29) is 0 Å². The molecule has 28 heteroatoms. The molecule has 3 saturated heterocycles. The van der Waals surface area contributed by atoms with Crippen molar-refractivity contribution in [2.75, 3.05) is 19.8 Å². The summed E-state index contributed by atoms with van der Waals surface area (Å²) in [7, 11) is 0. The van der Waals surface area contributed by atoms with Gasteiger partial charge in [-0.3, -0.25) is 47.9 Å². The molecular weight excluding hydrogens is 898 g/mol. The van der Waals surface area contributed by atoms with Crippen molar-refractivity contribution in [2.24, 2.45) is 5.11 Å². The molecule has 0 N–H and O–H groups in total. The first-order valence-electron chi connectivity index (χ1n) is 19.8. The summed E-state index contributed by atoms with van der Waals surface area (Å²) >= 11 is 0. The van der Waals surface area contributed by atoms with Crippen LogP contribution in [0.25, 0.3) is 10.4 Å². The zero-order valence-corrected chi connectivity index (χ0v) is 37.3. The second-order valence-corrected chi connectivity index (χ2v) is 14.5. The SMILES string of the molecule is CC(=O)OC[C@H]1O[C@@H](O[C@H]2[C@H](OC(C)=O)[C@@H](OC(C)=O)[C@H](OC[C@H]3O[C@@H](N=[N+]=[N-])[C@H](OC(C)=O)[C@@H](OC(C)=O)[C@@H]3OC(C)=O)O[C@@H]2COC(C)=O)[C@H](OC(C)=O)[C@@H](OC(C)=O)[C@H]1OC(C)=O. The Bertz CT molecular complexity index is 1870. The quantitative estimate of drug-likeness (QED) is 0.0547. The zero-order chi connectivity index (χ0) is 49.6. The van der Waals surface area contributed by atoms with E-state index in [9.17, 15) is 53.5 Å². The molecule has 0 bridgehead atoms. The van der Waals surface area contributed by atoms with Crippen LogP contribution in [-0.4, -0.2) is 172 Å². The molecule has 3 fully saturated rings. The van der Waals surface area contributed by atoms with E-state index in [0.29, 0.717) is 0 Å². The number of esters is 10. The van der Waals surface area contributed by atoms with Crippen molar-refractivity contribution < 1.29 is 119 Å². The van der Waals surface area contributed by atoms with Gasteiger partial charge in [0.1, 0.15) is 37.6 Å². The summed E-state index contributed by atoms with van der Waals surface area (Å²) in [4.78, 5) is 126. The Hall–Kier alpha value is -6.19. The van der Waals surface area contributed by atoms with Gasteiger partial charge in [0.2, 0.25) is 0 Å². The molecule has 15 atom stereocenters. The standard InChI is InChI=1S/C38H51N3O25/c1-14(42)52-11-25-28(56-17(4)45)31(58-19(6)47)35(62-23(10)51)38(65-25)66-29-26(12-53-15(2)43)64-37(34(61-22(9)50)32(29)59-20(7)48)54-13-24-27(55-16(3)44)30(57-18(5)46)33(60-21(8)49)36(63-24)40-41-39/h24-38H,11-13H2,1-10H3/t24-,25-,26-,27-,28+,29-,30+,31+,32+,33-,34-,35-,36-,37-,38+/m1/s1. The van der Waals surface area contributed by atoms with Gasteiger partial charge in [0, 0.05) is 74.1 Å². The van der Waals surface area contributed by atoms with Gasteiger partial charge in [-0.05, 0) is 5.53 Å². The molecule has 3 aliphatic rings. The predicted octanol–water partition coefficient (Wildman–Crippen LogP) is -0.547. The molecular formula is C38H51N3O25. The van der Waals surface area contributed by atoms with Crippen LogP contribution in [0.3, 0.4) is 0 Å². The molecule has 66 heavy (non-hydrogen) atoms. The van der Waals surface area contributed by atoms with Crippen LogP contribution in [0.15, 0.2) is 5.11 Å². The number of ether oxygens (including phenoxy) is 15. The molecule has 3 heterocycles. The molecule has 0 aromatic heterocycles. The summed E-state index contributed by atoms with van der Waals surface area (Å²) in [6.07, 6.45) is -26.2. The summed E-state index contributed by atoms with van der Waals surface area (Å²) < 4.78 is 84.5. The second-order valence-electron chi connectivity index (χ2n) is 14.5. The van der Waals surface area contributed by atoms with Crippen LogP contribution < -0.4 is 0 Å². The minimum Gasteiger partial charge on any atom is -0.463 e. The number of hydrogen-bond donors (Lipinski definition) is 0. The van der Waals surface area contributed by atoms with Crippen molar-refractivity contribution in [3.8, 4) is 0 Å². The summed E-state index contributed by atoms with van der Waals surface area (Å²) in [5.41, 5.74) is 9.33. The average molecular weight is 950 g/mol. The van der Waals surface area contributed by atoms with Gasteiger partial charge in [-0.1, -0.05) is 5.11 Å². The van der Waals surface area contributed by atoms with Crippen LogP contribution in [0.1, 0.15) is 69.2 Å². The highest BCUT2D eigenvalue weighted by molar-refractivity contribution is 5.70. The lowest BCUT2D eigenvalue weighted by Crippen LogP contribution is -2.67. The van der Waals surface area contributed by atoms with Crippen LogP contribution in [0.2, 0.25) is 0 Å². The van der Waals surface area contributed by atoms with E-state index in [1.165, 1.54) is 0 Å². The first-order valence-corrected chi connectivity index (χ1v) is 19.8. The molecule has 0 aromatic carbocycles. The summed E-state index contributed by atoms with van der Waals surface area (Å²) in [6, 6.07) is 0. The first kappa shape index (κ1) is 54.1. The Morgan fingerprint density at radius 3 is 1.12 bits per heavy atom. The van der Waals surface area contributed by atoms with Crippen LogP contribution >= 0.6 is 0 Å². The molecule has 0 aromatic rings. The molecule has 3 aliphatic heterocycles. The largest absolute Gasteiger partial charge is 0.463 e. The maximum absolute atomic E-state index is 12.8. The van der Waals surface area contributed by atoms with Crippen molar-refractivity contribution in [2.45, 2.75) is 161 Å². The minimum absolute atomic E-state index is 0.673. The highest BCUT2D eigenvalue weighted by Crippen LogP contribution is 2.37. The second kappa shape index (κ2) is 24.9. The van der Waals surface area contributed by atoms with E-state index in [1.54, 1.807) is 0 Å². The normalized spacial score (nSPS) is 31.5. The summed E-state index contributed by atoms with van der Waals surface area (Å²) in [6.45, 7) is 7.63. The molecule has 3 rings (SSSR count). The number of hydrogen-bond acceptors (Lipinski definition) is 26. The van der Waals surface area contributed by atoms with Gasteiger partial charge in [-0.25, -0.2) is 0 Å². The third-order valence-corrected chi connectivity index (χ3v) is 8.99. The smallest absolute Gasteiger partial charge is 0.303 e. The predicted molar refractivity (Wildman–Crippen MR) is 204 cm³/mol. The van der Waals surface area contributed by atoms with E-state index in [2.05, 4.69) is 10.0 Å². The molecule has 28 nitrogen and oxygen atoms in total. The fraction of sp³-hybridized carbons (Fsp3) is 0.737. The lowest BCUT2D eigenvalue weighted by molar-refractivity contribution is -0.363. The molecule has 0 spiro atoms. The topological polar surface area (TPSA) is 358 Å². The average Bonchev–Trinajstić information content (AvgIpc) is 3.17. The maximum atomic E-state index is 12.8. The first-order chi connectivity index (χ1) is 30.9. The Balaban J connectivity index is 2.20. The maximum Gasteiger partial charge on any atom is 0.303 e. The fourth-order valence-electron chi connectivity index (χ4n) is 6.95. The number of azide groups is 1. The fourth-order valence-corrected chi connectivity index (χ4v) is 6.95. The van der Waals surface area contributed by atoms with E-state index in [0.717, 1.165) is 69.2 Å². The number of carbonyl (C=O) groups excluding carboxylic acids is 10. The van der Waals surface area contributed by atoms with Crippen LogP contribution in [0.4, 0.5) is 0 Å². The van der Waals surface area contributed by atoms with Gasteiger partial charge < -0.3 is 71.1 Å². The Kier molecular flexibility index (Phi) is 20.4. The summed E-state index contributed by atoms with van der Waals surface area (Å²) in [5, 5.41) is 3.49. The van der Waals surface area contributed by atoms with Crippen molar-refractivity contribution in [1.82, 2.24) is 0 Å². The van der Waals surface area contributed by atoms with Crippen molar-refractivity contribution in [3.63, 3.8) is 0 Å². The molecule has 0 aliphatic carbocycles. The summed E-state index contributed by atoms with van der Waals surface area (Å²) in [5.74, 6) is -9.55. The zero-order valence-electron chi connectivity index (χ0n) is 37.3. The highest BCUT2D eigenvalue weighted by Gasteiger charge is 2.58. The molecule has 0 unspecified atom stereocenters. The van der Waals surface area contributed by atoms with Crippen LogP contribution in [0.5, 0.6) is 0 Å². The van der Waals surface area contributed by atoms with Gasteiger partial charge in [-0.15, -0.1) is 0 Å². The molecule has 0 saturated carbocycles. The van der Waals surface area contributed by atoms with E-state index < -0.39 is 172 Å². The Morgan fingerprint density at radius 1 is 0.394 bits per heavy atom. The monoisotopic (exact) mass is 949 g/mol. The third-order valence-electron chi connectivity index (χ3n) is 8.99. The molecule has 0 radical (unpaired) electrons. The highest BCUT2D eigenvalue weighted by atomic mass is 16.8. The Labute approximate surface area is 375 Å². The molecule has 368 valence electrons. The van der Waals surface area contributed by atoms with E-state index >= 15 is 0 Å². The van der Waals surface area contributed by atoms with Crippen molar-refractivity contribution >= 4 is 59.7 Å². The van der Waals surface area contributed by atoms with Gasteiger partial charge in [0.05, 0.1) is 6.61 Å².